The van der Waals surface area contributed by atoms with Crippen LogP contribution in [0.15, 0.2) is 141 Å². The van der Waals surface area contributed by atoms with Crippen LogP contribution >= 0.6 is 12.0 Å². The lowest BCUT2D eigenvalue weighted by molar-refractivity contribution is -0.438. The van der Waals surface area contributed by atoms with E-state index in [1.807, 2.05) is 48.6 Å². The van der Waals surface area contributed by atoms with E-state index in [-0.39, 0.29) is 36.2 Å². The van der Waals surface area contributed by atoms with E-state index in [1.165, 1.54) is 12.1 Å². The number of carboxylic acid groups (broad SMARTS) is 1. The molecule has 4 aromatic carbocycles. The van der Waals surface area contributed by atoms with Gasteiger partial charge in [0, 0.05) is 65.2 Å². The molecule has 0 fully saturated rings. The Labute approximate surface area is 450 Å². The molecular weight excluding hydrogens is 1060 g/mol. The smallest absolute Gasteiger partial charge is 0.303 e. The van der Waals surface area contributed by atoms with Crippen molar-refractivity contribution in [1.82, 2.24) is 0 Å². The predicted octanol–water partition coefficient (Wildman–Crippen LogP) is 11.4. The molecule has 2 heterocycles. The Kier molecular flexibility index (Phi) is 17.8. The van der Waals surface area contributed by atoms with Gasteiger partial charge in [-0.2, -0.15) is 25.6 Å². The molecule has 0 aromatic heterocycles. The van der Waals surface area contributed by atoms with E-state index in [0.29, 0.717) is 69.2 Å². The third-order valence-electron chi connectivity index (χ3n) is 14.5. The van der Waals surface area contributed by atoms with E-state index in [9.17, 15) is 44.6 Å². The van der Waals surface area contributed by atoms with Crippen LogP contribution in [0.2, 0.25) is 0 Å². The summed E-state index contributed by atoms with van der Waals surface area (Å²) >= 11 is -1.48. The van der Waals surface area contributed by atoms with Crippen LogP contribution in [0.25, 0.3) is 21.5 Å². The normalized spacial score (nSPS) is 19.9. The minimum atomic E-state index is -4.47. The molecule has 8 rings (SSSR count). The van der Waals surface area contributed by atoms with E-state index >= 15 is 0 Å². The SMILES string of the molecule is CC1(C)C(/C=C/C2=C(OC3C=CC(CCC(=O)O)=CC3)C(=C/C=C3/N(CCCCS(=O)(=O)O)c4ccc5cc(S(=O)(=O)O)ccc5c4C3(C)C)/CCC2)=[N+](CCCCOS(=O)O)c2ccc3cc(SOOO)ccc3c21. The molecule has 2 aliphatic heterocycles. The first-order chi connectivity index (χ1) is 36.1. The number of unbranched alkanes of at least 4 members (excludes halogenated alkanes) is 2. The van der Waals surface area contributed by atoms with E-state index < -0.39 is 48.4 Å². The molecule has 4 aliphatic rings. The maximum absolute atomic E-state index is 12.2. The second kappa shape index (κ2) is 23.7. The quantitative estimate of drug-likeness (QED) is 0.00881. The van der Waals surface area contributed by atoms with Crippen molar-refractivity contribution in [3.8, 4) is 0 Å². The Morgan fingerprint density at radius 3 is 2.36 bits per heavy atom. The second-order valence-electron chi connectivity index (χ2n) is 20.3. The van der Waals surface area contributed by atoms with Gasteiger partial charge >= 0.3 is 17.3 Å². The molecule has 0 saturated carbocycles. The Hall–Kier alpha value is -5.30. The van der Waals surface area contributed by atoms with Crippen molar-refractivity contribution in [2.24, 2.45) is 0 Å². The van der Waals surface area contributed by atoms with Crippen LogP contribution in [0, 0.1) is 0 Å². The fourth-order valence-corrected chi connectivity index (χ4v) is 12.8. The molecule has 0 spiro atoms. The number of anilines is 1. The molecule has 5 N–H and O–H groups in total. The number of aliphatic carboxylic acids is 1. The molecular formula is C55H63N2O15S4+. The van der Waals surface area contributed by atoms with Gasteiger partial charge in [-0.05, 0) is 152 Å². The van der Waals surface area contributed by atoms with Gasteiger partial charge in [-0.15, -0.1) is 4.33 Å². The summed E-state index contributed by atoms with van der Waals surface area (Å²) < 4.78 is 107. The molecule has 17 nitrogen and oxygen atoms in total. The van der Waals surface area contributed by atoms with E-state index in [4.69, 9.17) is 18.5 Å². The first-order valence-electron chi connectivity index (χ1n) is 25.0. The number of fused-ring (bicyclic) bond motifs is 6. The average molecular weight is 1120 g/mol. The summed E-state index contributed by atoms with van der Waals surface area (Å²) in [5.41, 5.74) is 7.49. The van der Waals surface area contributed by atoms with Gasteiger partial charge in [-0.3, -0.25) is 22.6 Å². The lowest BCUT2D eigenvalue weighted by atomic mass is 9.78. The Morgan fingerprint density at radius 1 is 0.895 bits per heavy atom. The summed E-state index contributed by atoms with van der Waals surface area (Å²) in [5.74, 6) is -0.543. The highest BCUT2D eigenvalue weighted by atomic mass is 32.2. The minimum Gasteiger partial charge on any atom is -0.485 e. The lowest BCUT2D eigenvalue weighted by Crippen LogP contribution is -2.28. The molecule has 0 radical (unpaired) electrons. The molecule has 21 heteroatoms. The van der Waals surface area contributed by atoms with E-state index in [1.54, 1.807) is 12.1 Å². The topological polar surface area (TPSA) is 247 Å². The minimum absolute atomic E-state index is 0.0147. The third kappa shape index (κ3) is 13.0. The van der Waals surface area contributed by atoms with Crippen molar-refractivity contribution in [2.75, 3.05) is 30.3 Å². The Bertz CT molecular complexity index is 3410. The first-order valence-corrected chi connectivity index (χ1v) is 29.9. The van der Waals surface area contributed by atoms with Crippen LogP contribution in [-0.4, -0.2) is 92.9 Å². The summed E-state index contributed by atoms with van der Waals surface area (Å²) in [4.78, 5) is 14.1. The third-order valence-corrected chi connectivity index (χ3v) is 17.1. The molecule has 0 amide bonds. The highest BCUT2D eigenvalue weighted by Crippen LogP contribution is 2.52. The summed E-state index contributed by atoms with van der Waals surface area (Å²) in [6, 6.07) is 18.3. The number of allylic oxidation sites excluding steroid dienone is 9. The number of carboxylic acids is 1. The first kappa shape index (κ1) is 56.9. The Morgan fingerprint density at radius 2 is 1.64 bits per heavy atom. The van der Waals surface area contributed by atoms with Crippen molar-refractivity contribution in [3.63, 3.8) is 0 Å². The maximum Gasteiger partial charge on any atom is 0.303 e. The number of hydrogen-bond donors (Lipinski definition) is 5. The van der Waals surface area contributed by atoms with Crippen molar-refractivity contribution < 1.29 is 72.7 Å². The van der Waals surface area contributed by atoms with Crippen LogP contribution in [0.5, 0.6) is 0 Å². The van der Waals surface area contributed by atoms with Gasteiger partial charge in [0.25, 0.3) is 20.2 Å². The number of hydrogen-bond acceptors (Lipinski definition) is 13. The van der Waals surface area contributed by atoms with Gasteiger partial charge in [0.2, 0.25) is 5.69 Å². The van der Waals surface area contributed by atoms with Gasteiger partial charge in [0.05, 0.1) is 34.7 Å². The highest BCUT2D eigenvalue weighted by Gasteiger charge is 2.46. The number of rotatable bonds is 23. The standard InChI is InChI=1S/C55H62N2O15S4/c1-54(2)48(56(30-5-7-32-69-74(61)62)46-25-15-39-34-42(73-72-71-60)21-23-44(39)51(46)54)27-17-37-10-9-11-38(53(37)70-41-19-12-36(13-20-41)14-29-50(58)59)18-28-49-55(3,4)52-45-24-22-43(76(66,67)68)35-40(45)16-26-47(52)57(49)31-6-8-33-75(63,64)65/h12-13,15-19,21-28,34-35,41H,5-11,14,20,29-33H2,1-4H3,(H4-,58,59,60,61,62,63,64,65,66,67,68)/p+1. The Balaban J connectivity index is 1.22. The van der Waals surface area contributed by atoms with Crippen molar-refractivity contribution in [2.45, 2.75) is 119 Å². The predicted molar refractivity (Wildman–Crippen MR) is 293 cm³/mol. The molecule has 4 aromatic rings. The summed E-state index contributed by atoms with van der Waals surface area (Å²) in [5, 5.41) is 25.4. The molecule has 76 heavy (non-hydrogen) atoms. The van der Waals surface area contributed by atoms with Crippen molar-refractivity contribution >= 4 is 88.2 Å². The number of nitrogens with zero attached hydrogens (tertiary/aromatic N) is 2. The highest BCUT2D eigenvalue weighted by molar-refractivity contribution is 7.94. The fourth-order valence-electron chi connectivity index (χ4n) is 11.0. The zero-order valence-electron chi connectivity index (χ0n) is 42.6. The summed E-state index contributed by atoms with van der Waals surface area (Å²) in [7, 11) is -8.66. The van der Waals surface area contributed by atoms with Gasteiger partial charge in [0.1, 0.15) is 18.4 Å². The molecule has 406 valence electrons. The zero-order valence-corrected chi connectivity index (χ0v) is 45.9. The average Bonchev–Trinajstić information content (AvgIpc) is 3.76. The van der Waals surface area contributed by atoms with Crippen LogP contribution in [-0.2, 0) is 65.5 Å². The number of benzene rings is 4. The van der Waals surface area contributed by atoms with Gasteiger partial charge in [0.15, 0.2) is 5.71 Å². The monoisotopic (exact) mass is 1120 g/mol. The van der Waals surface area contributed by atoms with Crippen LogP contribution in [0.4, 0.5) is 11.4 Å². The largest absolute Gasteiger partial charge is 0.485 e. The molecule has 2 unspecified atom stereocenters. The summed E-state index contributed by atoms with van der Waals surface area (Å²) in [6.07, 6.45) is 19.0. The number of carbonyl (C=O) groups is 1. The van der Waals surface area contributed by atoms with E-state index in [2.05, 4.69) is 72.6 Å². The van der Waals surface area contributed by atoms with Gasteiger partial charge in [-0.25, -0.2) is 5.26 Å². The fraction of sp³-hybridized carbons (Fsp3) is 0.382. The van der Waals surface area contributed by atoms with Crippen LogP contribution in [0.1, 0.15) is 103 Å². The van der Waals surface area contributed by atoms with Gasteiger partial charge in [-0.1, -0.05) is 60.9 Å². The van der Waals surface area contributed by atoms with Crippen molar-refractivity contribution in [1.29, 1.82) is 0 Å². The van der Waals surface area contributed by atoms with Crippen LogP contribution < -0.4 is 4.90 Å². The maximum atomic E-state index is 12.2. The van der Waals surface area contributed by atoms with Crippen molar-refractivity contribution in [3.05, 3.63) is 142 Å². The molecule has 2 atom stereocenters. The van der Waals surface area contributed by atoms with E-state index in [0.717, 1.165) is 90.1 Å². The zero-order chi connectivity index (χ0) is 54.6. The van der Waals surface area contributed by atoms with Gasteiger partial charge < -0.3 is 14.7 Å². The molecule has 2 aliphatic carbocycles. The van der Waals surface area contributed by atoms with Crippen LogP contribution in [0.3, 0.4) is 0 Å². The summed E-state index contributed by atoms with van der Waals surface area (Å²) in [6.45, 7) is 9.66. The number of ether oxygens (including phenoxy) is 1. The second-order valence-corrected chi connectivity index (χ2v) is 24.7. The lowest BCUT2D eigenvalue weighted by Gasteiger charge is -2.28. The molecule has 0 bridgehead atoms. The molecule has 0 saturated heterocycles.